The Kier molecular flexibility index (Phi) is 8.41. The highest BCUT2D eigenvalue weighted by Crippen LogP contribution is 2.36. The molecule has 4 rings (SSSR count). The largest absolute Gasteiger partial charge is 0.416 e. The fourth-order valence-electron chi connectivity index (χ4n) is 4.55. The maximum Gasteiger partial charge on any atom is 0.416 e. The summed E-state index contributed by atoms with van der Waals surface area (Å²) in [6.45, 7) is 0.0630. The number of para-hydroxylation sites is 2. The standard InChI is InChI=1S/C29H26F6N4O2/c1-38(27(41)19-15-20(28(30,31)32)17-21(16-19)29(33,34)35)22(14-18-8-4-3-5-9-18)12-13-36-26(40)25-37-23-10-6-7-11-24(23)39(25)2/h3-11,15-17,22H,12-14H2,1-2H3,(H,36,40). The van der Waals surface area contributed by atoms with Crippen LogP contribution in [0.3, 0.4) is 0 Å². The van der Waals surface area contributed by atoms with Gasteiger partial charge in [0.1, 0.15) is 0 Å². The molecule has 0 saturated carbocycles. The first-order valence-corrected chi connectivity index (χ1v) is 12.6. The highest BCUT2D eigenvalue weighted by atomic mass is 19.4. The molecular weight excluding hydrogens is 550 g/mol. The Bertz CT molecular complexity index is 1510. The average Bonchev–Trinajstić information content (AvgIpc) is 3.27. The van der Waals surface area contributed by atoms with Crippen LogP contribution in [0.15, 0.2) is 72.8 Å². The van der Waals surface area contributed by atoms with E-state index in [1.807, 2.05) is 12.1 Å². The summed E-state index contributed by atoms with van der Waals surface area (Å²) in [6, 6.07) is 16.2. The zero-order chi connectivity index (χ0) is 29.9. The number of aromatic nitrogens is 2. The molecule has 6 nitrogen and oxygen atoms in total. The highest BCUT2D eigenvalue weighted by molar-refractivity contribution is 5.95. The Balaban J connectivity index is 1.56. The Morgan fingerprint density at radius 1 is 0.902 bits per heavy atom. The molecule has 0 aliphatic heterocycles. The maximum atomic E-state index is 13.4. The number of likely N-dealkylation sites (N-methyl/N-ethyl adjacent to an activating group) is 1. The van der Waals surface area contributed by atoms with Crippen LogP contribution in [0, 0.1) is 0 Å². The fraction of sp³-hybridized carbons (Fsp3) is 0.276. The number of nitrogens with one attached hydrogen (secondary N) is 1. The number of amides is 2. The van der Waals surface area contributed by atoms with E-state index in [9.17, 15) is 35.9 Å². The topological polar surface area (TPSA) is 67.2 Å². The van der Waals surface area contributed by atoms with Crippen molar-refractivity contribution in [2.75, 3.05) is 13.6 Å². The molecule has 4 aromatic rings. The summed E-state index contributed by atoms with van der Waals surface area (Å²) >= 11 is 0. The average molecular weight is 577 g/mol. The van der Waals surface area contributed by atoms with E-state index < -0.39 is 46.9 Å². The van der Waals surface area contributed by atoms with Gasteiger partial charge >= 0.3 is 12.4 Å². The summed E-state index contributed by atoms with van der Waals surface area (Å²) in [6.07, 6.45) is -9.76. The SMILES string of the molecule is CN(C(=O)c1cc(C(F)(F)F)cc(C(F)(F)F)c1)C(CCNC(=O)c1nc2ccccc2n1C)Cc1ccccc1. The Morgan fingerprint density at radius 3 is 2.07 bits per heavy atom. The van der Waals surface area contributed by atoms with Crippen LogP contribution in [0.1, 0.15) is 44.1 Å². The van der Waals surface area contributed by atoms with Crippen molar-refractivity contribution in [2.24, 2.45) is 7.05 Å². The van der Waals surface area contributed by atoms with E-state index in [-0.39, 0.29) is 31.3 Å². The summed E-state index contributed by atoms with van der Waals surface area (Å²) in [5, 5.41) is 2.75. The molecule has 12 heteroatoms. The van der Waals surface area contributed by atoms with Gasteiger partial charge in [-0.1, -0.05) is 42.5 Å². The predicted molar refractivity (Wildman–Crippen MR) is 140 cm³/mol. The van der Waals surface area contributed by atoms with E-state index in [1.165, 1.54) is 7.05 Å². The molecule has 41 heavy (non-hydrogen) atoms. The molecule has 0 aliphatic carbocycles. The lowest BCUT2D eigenvalue weighted by molar-refractivity contribution is -0.143. The van der Waals surface area contributed by atoms with Gasteiger partial charge in [0.15, 0.2) is 5.82 Å². The summed E-state index contributed by atoms with van der Waals surface area (Å²) in [5.74, 6) is -1.31. The fourth-order valence-corrected chi connectivity index (χ4v) is 4.55. The van der Waals surface area contributed by atoms with Gasteiger partial charge in [-0.05, 0) is 48.7 Å². The van der Waals surface area contributed by atoms with Crippen molar-refractivity contribution in [3.63, 3.8) is 0 Å². The number of imidazole rings is 1. The van der Waals surface area contributed by atoms with Crippen LogP contribution in [0.5, 0.6) is 0 Å². The van der Waals surface area contributed by atoms with Gasteiger partial charge in [0.2, 0.25) is 0 Å². The van der Waals surface area contributed by atoms with Crippen LogP contribution >= 0.6 is 0 Å². The van der Waals surface area contributed by atoms with Crippen molar-refractivity contribution in [1.29, 1.82) is 0 Å². The van der Waals surface area contributed by atoms with Crippen molar-refractivity contribution in [1.82, 2.24) is 19.8 Å². The molecule has 1 atom stereocenters. The van der Waals surface area contributed by atoms with Crippen molar-refractivity contribution in [2.45, 2.75) is 31.2 Å². The van der Waals surface area contributed by atoms with E-state index in [1.54, 1.807) is 54.1 Å². The van der Waals surface area contributed by atoms with Gasteiger partial charge in [0.05, 0.1) is 22.2 Å². The molecule has 0 aliphatic rings. The van der Waals surface area contributed by atoms with Gasteiger partial charge < -0.3 is 14.8 Å². The molecule has 0 saturated heterocycles. The van der Waals surface area contributed by atoms with Crippen molar-refractivity contribution in [3.8, 4) is 0 Å². The molecule has 1 unspecified atom stereocenters. The molecule has 1 heterocycles. The number of rotatable bonds is 8. The minimum Gasteiger partial charge on any atom is -0.349 e. The summed E-state index contributed by atoms with van der Waals surface area (Å²) in [5.41, 5.74) is -1.71. The van der Waals surface area contributed by atoms with Crippen molar-refractivity contribution >= 4 is 22.8 Å². The molecule has 0 radical (unpaired) electrons. The second-order valence-corrected chi connectivity index (χ2v) is 9.58. The molecule has 216 valence electrons. The second-order valence-electron chi connectivity index (χ2n) is 9.58. The van der Waals surface area contributed by atoms with Crippen LogP contribution in [0.25, 0.3) is 11.0 Å². The van der Waals surface area contributed by atoms with Crippen LogP contribution in [-0.2, 0) is 25.8 Å². The zero-order valence-corrected chi connectivity index (χ0v) is 22.1. The van der Waals surface area contributed by atoms with Crippen LogP contribution in [-0.4, -0.2) is 45.9 Å². The third-order valence-corrected chi connectivity index (χ3v) is 6.77. The zero-order valence-electron chi connectivity index (χ0n) is 22.1. The van der Waals surface area contributed by atoms with Crippen LogP contribution in [0.2, 0.25) is 0 Å². The normalized spacial score (nSPS) is 12.8. The third-order valence-electron chi connectivity index (χ3n) is 6.77. The maximum absolute atomic E-state index is 13.4. The number of nitrogens with zero attached hydrogens (tertiary/aromatic N) is 3. The third kappa shape index (κ3) is 6.87. The number of benzene rings is 3. The summed E-state index contributed by atoms with van der Waals surface area (Å²) in [4.78, 5) is 31.6. The lowest BCUT2D eigenvalue weighted by Crippen LogP contribution is -2.41. The highest BCUT2D eigenvalue weighted by Gasteiger charge is 2.38. The van der Waals surface area contributed by atoms with Gasteiger partial charge in [-0.25, -0.2) is 4.98 Å². The number of carbonyl (C=O) groups is 2. The Morgan fingerprint density at radius 2 is 1.49 bits per heavy atom. The molecule has 0 fully saturated rings. The molecule has 1 N–H and O–H groups in total. The minimum atomic E-state index is -5.08. The molecule has 1 aromatic heterocycles. The molecule has 0 bridgehead atoms. The van der Waals surface area contributed by atoms with Gasteiger partial charge in [-0.15, -0.1) is 0 Å². The summed E-state index contributed by atoms with van der Waals surface area (Å²) in [7, 11) is 3.01. The number of fused-ring (bicyclic) bond motifs is 1. The van der Waals surface area contributed by atoms with Gasteiger partial charge in [-0.3, -0.25) is 9.59 Å². The quantitative estimate of drug-likeness (QED) is 0.257. The first-order chi connectivity index (χ1) is 19.3. The van der Waals surface area contributed by atoms with Crippen LogP contribution < -0.4 is 5.32 Å². The number of hydrogen-bond acceptors (Lipinski definition) is 3. The van der Waals surface area contributed by atoms with Gasteiger partial charge in [0, 0.05) is 32.2 Å². The van der Waals surface area contributed by atoms with Gasteiger partial charge in [-0.2, -0.15) is 26.3 Å². The first-order valence-electron chi connectivity index (χ1n) is 12.6. The Labute approximate surface area is 231 Å². The number of alkyl halides is 6. The van der Waals surface area contributed by atoms with E-state index in [0.29, 0.717) is 17.6 Å². The van der Waals surface area contributed by atoms with Gasteiger partial charge in [0.25, 0.3) is 11.8 Å². The molecule has 3 aromatic carbocycles. The molecular formula is C29H26F6N4O2. The van der Waals surface area contributed by atoms with Crippen molar-refractivity contribution in [3.05, 3.63) is 101 Å². The minimum absolute atomic E-state index is 0.0190. The lowest BCUT2D eigenvalue weighted by atomic mass is 9.99. The van der Waals surface area contributed by atoms with E-state index in [4.69, 9.17) is 0 Å². The molecule has 0 spiro atoms. The van der Waals surface area contributed by atoms with E-state index >= 15 is 0 Å². The van der Waals surface area contributed by atoms with Crippen molar-refractivity contribution < 1.29 is 35.9 Å². The Hall–Kier alpha value is -4.35. The second kappa shape index (κ2) is 11.6. The van der Waals surface area contributed by atoms with Crippen LogP contribution in [0.4, 0.5) is 26.3 Å². The van der Waals surface area contributed by atoms with E-state index in [2.05, 4.69) is 10.3 Å². The number of aryl methyl sites for hydroxylation is 1. The van der Waals surface area contributed by atoms with E-state index in [0.717, 1.165) is 16.0 Å². The number of carbonyl (C=O) groups excluding carboxylic acids is 2. The lowest BCUT2D eigenvalue weighted by Gasteiger charge is -2.29. The molecule has 2 amide bonds. The predicted octanol–water partition coefficient (Wildman–Crippen LogP) is 6.11. The monoisotopic (exact) mass is 576 g/mol. The smallest absolute Gasteiger partial charge is 0.349 e. The first kappa shape index (κ1) is 29.6. The summed E-state index contributed by atoms with van der Waals surface area (Å²) < 4.78 is 81.9. The number of halogens is 6. The number of hydrogen-bond donors (Lipinski definition) is 1.